The summed E-state index contributed by atoms with van der Waals surface area (Å²) in [6, 6.07) is 15.7. The Hall–Kier alpha value is -3.28. The maximum atomic E-state index is 13.8. The van der Waals surface area contributed by atoms with Crippen LogP contribution < -0.4 is 10.2 Å². The molecule has 26 heavy (non-hydrogen) atoms. The van der Waals surface area contributed by atoms with Gasteiger partial charge in [0.25, 0.3) is 5.91 Å². The van der Waals surface area contributed by atoms with E-state index < -0.39 is 5.82 Å². The van der Waals surface area contributed by atoms with E-state index in [1.165, 1.54) is 12.3 Å². The number of carbonyl (C=O) groups excluding carboxylic acids is 1. The molecule has 0 fully saturated rings. The van der Waals surface area contributed by atoms with E-state index in [0.29, 0.717) is 0 Å². The molecule has 3 aromatic rings. The van der Waals surface area contributed by atoms with Gasteiger partial charge in [0.05, 0.1) is 5.69 Å². The third-order valence-corrected chi connectivity index (χ3v) is 4.42. The Labute approximate surface area is 150 Å². The topological polar surface area (TPSA) is 58.1 Å². The molecule has 130 valence electrons. The molecule has 1 aromatic heterocycles. The zero-order valence-corrected chi connectivity index (χ0v) is 14.2. The molecule has 4 rings (SSSR count). The van der Waals surface area contributed by atoms with Crippen molar-refractivity contribution < 1.29 is 9.18 Å². The number of anilines is 3. The number of carbonyl (C=O) groups is 1. The number of nitrogens with zero attached hydrogens (tertiary/aromatic N) is 3. The maximum absolute atomic E-state index is 13.8. The van der Waals surface area contributed by atoms with Crippen molar-refractivity contribution in [2.75, 3.05) is 10.2 Å². The van der Waals surface area contributed by atoms with Crippen LogP contribution in [0.1, 0.15) is 23.0 Å². The highest BCUT2D eigenvalue weighted by atomic mass is 19.1. The van der Waals surface area contributed by atoms with Crippen LogP contribution in [-0.4, -0.2) is 21.9 Å². The first-order chi connectivity index (χ1) is 12.6. The minimum absolute atomic E-state index is 0.0536. The van der Waals surface area contributed by atoms with Crippen molar-refractivity contribution in [1.29, 1.82) is 0 Å². The standard InChI is InChI=1S/C20H17FN4O/c1-13-12-14-6-2-5-9-18(14)25(13)19(26)17-10-11-22-20(24-17)23-16-8-4-3-7-15(16)21/h2-11,13H,12H2,1H3,(H,22,23,24). The highest BCUT2D eigenvalue weighted by Crippen LogP contribution is 2.32. The summed E-state index contributed by atoms with van der Waals surface area (Å²) in [5.74, 6) is -0.419. The van der Waals surface area contributed by atoms with Crippen LogP contribution in [0, 0.1) is 5.82 Å². The van der Waals surface area contributed by atoms with Gasteiger partial charge >= 0.3 is 0 Å². The Balaban J connectivity index is 1.63. The predicted molar refractivity (Wildman–Crippen MR) is 98.1 cm³/mol. The lowest BCUT2D eigenvalue weighted by Gasteiger charge is -2.22. The zero-order chi connectivity index (χ0) is 18.1. The van der Waals surface area contributed by atoms with Gasteiger partial charge in [-0.2, -0.15) is 0 Å². The fourth-order valence-electron chi connectivity index (χ4n) is 3.22. The summed E-state index contributed by atoms with van der Waals surface area (Å²) in [6.45, 7) is 2.01. The van der Waals surface area contributed by atoms with Crippen molar-refractivity contribution in [1.82, 2.24) is 9.97 Å². The van der Waals surface area contributed by atoms with Gasteiger partial charge in [0.2, 0.25) is 5.95 Å². The van der Waals surface area contributed by atoms with Gasteiger partial charge in [-0.3, -0.25) is 4.79 Å². The van der Waals surface area contributed by atoms with Gasteiger partial charge in [-0.05, 0) is 43.2 Å². The molecular weight excluding hydrogens is 331 g/mol. The third kappa shape index (κ3) is 2.90. The number of aromatic nitrogens is 2. The number of nitrogens with one attached hydrogen (secondary N) is 1. The minimum Gasteiger partial charge on any atom is -0.322 e. The number of para-hydroxylation sites is 2. The van der Waals surface area contributed by atoms with E-state index in [9.17, 15) is 9.18 Å². The van der Waals surface area contributed by atoms with Crippen LogP contribution in [0.4, 0.5) is 21.7 Å². The number of rotatable bonds is 3. The van der Waals surface area contributed by atoms with Crippen molar-refractivity contribution in [2.24, 2.45) is 0 Å². The molecule has 1 unspecified atom stereocenters. The summed E-state index contributed by atoms with van der Waals surface area (Å²) in [4.78, 5) is 23.1. The van der Waals surface area contributed by atoms with Crippen LogP contribution in [0.25, 0.3) is 0 Å². The van der Waals surface area contributed by atoms with Crippen molar-refractivity contribution in [2.45, 2.75) is 19.4 Å². The molecule has 2 aromatic carbocycles. The number of fused-ring (bicyclic) bond motifs is 1. The Morgan fingerprint density at radius 1 is 1.15 bits per heavy atom. The van der Waals surface area contributed by atoms with Gasteiger partial charge in [-0.1, -0.05) is 30.3 Å². The molecular formula is C20H17FN4O. The van der Waals surface area contributed by atoms with E-state index in [1.807, 2.05) is 31.2 Å². The summed E-state index contributed by atoms with van der Waals surface area (Å²) < 4.78 is 13.8. The first-order valence-corrected chi connectivity index (χ1v) is 8.39. The molecule has 1 N–H and O–H groups in total. The van der Waals surface area contributed by atoms with Crippen molar-refractivity contribution >= 4 is 23.2 Å². The molecule has 5 nitrogen and oxygen atoms in total. The molecule has 2 heterocycles. The van der Waals surface area contributed by atoms with Crippen molar-refractivity contribution in [3.8, 4) is 0 Å². The molecule has 0 saturated carbocycles. The Kier molecular flexibility index (Phi) is 4.08. The SMILES string of the molecule is CC1Cc2ccccc2N1C(=O)c1ccnc(Nc2ccccc2F)n1. The lowest BCUT2D eigenvalue weighted by Crippen LogP contribution is -2.36. The van der Waals surface area contributed by atoms with E-state index in [0.717, 1.165) is 17.7 Å². The Bertz CT molecular complexity index is 975. The second-order valence-electron chi connectivity index (χ2n) is 6.23. The first-order valence-electron chi connectivity index (χ1n) is 8.39. The minimum atomic E-state index is -0.407. The van der Waals surface area contributed by atoms with Gasteiger partial charge in [0.15, 0.2) is 0 Å². The molecule has 1 aliphatic heterocycles. The predicted octanol–water partition coefficient (Wildman–Crippen LogP) is 3.95. The molecule has 0 spiro atoms. The van der Waals surface area contributed by atoms with Crippen LogP contribution in [0.3, 0.4) is 0 Å². The number of amides is 1. The van der Waals surface area contributed by atoms with E-state index in [1.54, 1.807) is 29.2 Å². The average molecular weight is 348 g/mol. The van der Waals surface area contributed by atoms with Gasteiger partial charge in [0, 0.05) is 17.9 Å². The summed E-state index contributed by atoms with van der Waals surface area (Å²) in [5, 5.41) is 2.82. The molecule has 1 atom stereocenters. The second-order valence-corrected chi connectivity index (χ2v) is 6.23. The average Bonchev–Trinajstić information content (AvgIpc) is 2.99. The zero-order valence-electron chi connectivity index (χ0n) is 14.2. The molecule has 1 amide bonds. The summed E-state index contributed by atoms with van der Waals surface area (Å²) in [6.07, 6.45) is 2.31. The summed E-state index contributed by atoms with van der Waals surface area (Å²) in [5.41, 5.74) is 2.58. The van der Waals surface area contributed by atoms with Crippen LogP contribution in [0.5, 0.6) is 0 Å². The lowest BCUT2D eigenvalue weighted by atomic mass is 10.1. The van der Waals surface area contributed by atoms with Crippen molar-refractivity contribution in [3.05, 3.63) is 77.9 Å². The van der Waals surface area contributed by atoms with Gasteiger partial charge in [-0.15, -0.1) is 0 Å². The third-order valence-electron chi connectivity index (χ3n) is 4.42. The van der Waals surface area contributed by atoms with Gasteiger partial charge in [0.1, 0.15) is 11.5 Å². The molecule has 0 bridgehead atoms. The second kappa shape index (κ2) is 6.55. The Morgan fingerprint density at radius 3 is 2.77 bits per heavy atom. The van der Waals surface area contributed by atoms with Crippen LogP contribution in [0.15, 0.2) is 60.8 Å². The first kappa shape index (κ1) is 16.2. The highest BCUT2D eigenvalue weighted by Gasteiger charge is 2.31. The maximum Gasteiger partial charge on any atom is 0.277 e. The normalized spacial score (nSPS) is 15.6. The quantitative estimate of drug-likeness (QED) is 0.779. The van der Waals surface area contributed by atoms with Crippen LogP contribution in [0.2, 0.25) is 0 Å². The summed E-state index contributed by atoms with van der Waals surface area (Å²) in [7, 11) is 0. The van der Waals surface area contributed by atoms with E-state index in [-0.39, 0.29) is 29.3 Å². The van der Waals surface area contributed by atoms with E-state index in [2.05, 4.69) is 15.3 Å². The number of benzene rings is 2. The molecule has 0 radical (unpaired) electrons. The largest absolute Gasteiger partial charge is 0.322 e. The number of hydrogen-bond donors (Lipinski definition) is 1. The monoisotopic (exact) mass is 348 g/mol. The van der Waals surface area contributed by atoms with E-state index in [4.69, 9.17) is 0 Å². The fourth-order valence-corrected chi connectivity index (χ4v) is 3.22. The lowest BCUT2D eigenvalue weighted by molar-refractivity contribution is 0.0976. The van der Waals surface area contributed by atoms with Gasteiger partial charge < -0.3 is 10.2 Å². The van der Waals surface area contributed by atoms with Gasteiger partial charge in [-0.25, -0.2) is 14.4 Å². The van der Waals surface area contributed by atoms with E-state index >= 15 is 0 Å². The molecule has 0 saturated heterocycles. The summed E-state index contributed by atoms with van der Waals surface area (Å²) >= 11 is 0. The van der Waals surface area contributed by atoms with Crippen LogP contribution in [-0.2, 0) is 6.42 Å². The number of hydrogen-bond acceptors (Lipinski definition) is 4. The Morgan fingerprint density at radius 2 is 1.92 bits per heavy atom. The molecule has 1 aliphatic rings. The smallest absolute Gasteiger partial charge is 0.277 e. The highest BCUT2D eigenvalue weighted by molar-refractivity contribution is 6.06. The fraction of sp³-hybridized carbons (Fsp3) is 0.150. The van der Waals surface area contributed by atoms with Crippen LogP contribution >= 0.6 is 0 Å². The van der Waals surface area contributed by atoms with Crippen molar-refractivity contribution in [3.63, 3.8) is 0 Å². The molecule has 6 heteroatoms. The molecule has 0 aliphatic carbocycles. The number of halogens is 1.